The number of rotatable bonds is 6. The first-order valence-corrected chi connectivity index (χ1v) is 9.89. The maximum atomic E-state index is 13.0. The van der Waals surface area contributed by atoms with E-state index in [1.807, 2.05) is 18.7 Å². The lowest BCUT2D eigenvalue weighted by atomic mass is 10.0. The number of nitrogens with zero attached hydrogens (tertiary/aromatic N) is 2. The van der Waals surface area contributed by atoms with Crippen LogP contribution in [0.1, 0.15) is 44.2 Å². The molecule has 5 nitrogen and oxygen atoms in total. The van der Waals surface area contributed by atoms with E-state index in [9.17, 15) is 13.2 Å². The standard InChI is InChI=1S/C17H24N2O3S/c1-3-7-18(8-4-2)23(21,22)15-10-13-6-5-9-19-16(20)12-14(11-15)17(13)19/h10-11H,3-9,12H2,1-2H3. The molecule has 1 amide bonds. The molecule has 0 N–H and O–H groups in total. The molecule has 2 heterocycles. The highest BCUT2D eigenvalue weighted by molar-refractivity contribution is 7.89. The minimum atomic E-state index is -3.49. The second-order valence-corrected chi connectivity index (χ2v) is 8.26. The summed E-state index contributed by atoms with van der Waals surface area (Å²) in [4.78, 5) is 14.3. The molecule has 0 unspecified atom stereocenters. The van der Waals surface area contributed by atoms with Crippen molar-refractivity contribution in [2.75, 3.05) is 24.5 Å². The molecule has 0 aliphatic carbocycles. The maximum absolute atomic E-state index is 13.0. The zero-order valence-corrected chi connectivity index (χ0v) is 14.7. The van der Waals surface area contributed by atoms with Gasteiger partial charge in [-0.1, -0.05) is 13.8 Å². The molecular formula is C17H24N2O3S. The van der Waals surface area contributed by atoms with Crippen LogP contribution >= 0.6 is 0 Å². The third-order valence-corrected chi connectivity index (χ3v) is 6.44. The second-order valence-electron chi connectivity index (χ2n) is 6.32. The average molecular weight is 336 g/mol. The Morgan fingerprint density at radius 3 is 2.43 bits per heavy atom. The Kier molecular flexibility index (Phi) is 4.47. The van der Waals surface area contributed by atoms with E-state index >= 15 is 0 Å². The first-order chi connectivity index (χ1) is 11.0. The molecule has 3 rings (SSSR count). The smallest absolute Gasteiger partial charge is 0.243 e. The van der Waals surface area contributed by atoms with Crippen LogP contribution in [0.4, 0.5) is 5.69 Å². The van der Waals surface area contributed by atoms with Gasteiger partial charge in [0.2, 0.25) is 15.9 Å². The third kappa shape index (κ3) is 2.78. The lowest BCUT2D eigenvalue weighted by Crippen LogP contribution is -2.33. The summed E-state index contributed by atoms with van der Waals surface area (Å²) in [6.45, 7) is 5.80. The van der Waals surface area contributed by atoms with E-state index in [1.165, 1.54) is 0 Å². The summed E-state index contributed by atoms with van der Waals surface area (Å²) in [7, 11) is -3.49. The molecule has 0 radical (unpaired) electrons. The number of hydrogen-bond donors (Lipinski definition) is 0. The maximum Gasteiger partial charge on any atom is 0.243 e. The Labute approximate surface area is 138 Å². The van der Waals surface area contributed by atoms with Gasteiger partial charge in [0.15, 0.2) is 0 Å². The quantitative estimate of drug-likeness (QED) is 0.801. The fraction of sp³-hybridized carbons (Fsp3) is 0.588. The zero-order chi connectivity index (χ0) is 16.6. The molecule has 0 saturated carbocycles. The van der Waals surface area contributed by atoms with Crippen molar-refractivity contribution in [3.63, 3.8) is 0 Å². The van der Waals surface area contributed by atoms with Crippen molar-refractivity contribution in [1.82, 2.24) is 4.31 Å². The van der Waals surface area contributed by atoms with Crippen molar-refractivity contribution in [3.05, 3.63) is 23.3 Å². The summed E-state index contributed by atoms with van der Waals surface area (Å²) in [5, 5.41) is 0. The Morgan fingerprint density at radius 2 is 1.78 bits per heavy atom. The van der Waals surface area contributed by atoms with Gasteiger partial charge < -0.3 is 4.90 Å². The van der Waals surface area contributed by atoms with Crippen molar-refractivity contribution in [3.8, 4) is 0 Å². The topological polar surface area (TPSA) is 57.7 Å². The molecule has 0 spiro atoms. The van der Waals surface area contributed by atoms with E-state index in [0.717, 1.165) is 49.0 Å². The molecular weight excluding hydrogens is 312 g/mol. The predicted octanol–water partition coefficient (Wildman–Crippen LogP) is 2.33. The first kappa shape index (κ1) is 16.5. The number of amides is 1. The fourth-order valence-corrected chi connectivity index (χ4v) is 5.32. The van der Waals surface area contributed by atoms with E-state index in [4.69, 9.17) is 0 Å². The molecule has 0 fully saturated rings. The van der Waals surface area contributed by atoms with Crippen LogP contribution in [0.15, 0.2) is 17.0 Å². The van der Waals surface area contributed by atoms with E-state index in [1.54, 1.807) is 16.4 Å². The van der Waals surface area contributed by atoms with Crippen LogP contribution < -0.4 is 4.90 Å². The Hall–Kier alpha value is -1.40. The van der Waals surface area contributed by atoms with Crippen molar-refractivity contribution in [2.45, 2.75) is 50.8 Å². The molecule has 0 saturated heterocycles. The molecule has 23 heavy (non-hydrogen) atoms. The molecule has 126 valence electrons. The van der Waals surface area contributed by atoms with Gasteiger partial charge in [0, 0.05) is 19.6 Å². The van der Waals surface area contributed by atoms with Gasteiger partial charge in [0.25, 0.3) is 0 Å². The highest BCUT2D eigenvalue weighted by atomic mass is 32.2. The van der Waals surface area contributed by atoms with Crippen molar-refractivity contribution >= 4 is 21.6 Å². The van der Waals surface area contributed by atoms with Crippen LogP contribution in [-0.4, -0.2) is 38.3 Å². The number of anilines is 1. The summed E-state index contributed by atoms with van der Waals surface area (Å²) in [5.41, 5.74) is 2.85. The Morgan fingerprint density at radius 1 is 1.13 bits per heavy atom. The molecule has 1 aromatic carbocycles. The van der Waals surface area contributed by atoms with E-state index in [0.29, 0.717) is 24.4 Å². The van der Waals surface area contributed by atoms with Gasteiger partial charge in [0.1, 0.15) is 0 Å². The highest BCUT2D eigenvalue weighted by Crippen LogP contribution is 2.39. The summed E-state index contributed by atoms with van der Waals surface area (Å²) in [6.07, 6.45) is 3.66. The van der Waals surface area contributed by atoms with Crippen LogP contribution in [-0.2, 0) is 27.7 Å². The Balaban J connectivity index is 2.04. The van der Waals surface area contributed by atoms with Gasteiger partial charge in [-0.3, -0.25) is 4.79 Å². The third-order valence-electron chi connectivity index (χ3n) is 4.57. The average Bonchev–Trinajstić information content (AvgIpc) is 2.85. The predicted molar refractivity (Wildman–Crippen MR) is 90.2 cm³/mol. The number of benzene rings is 1. The lowest BCUT2D eigenvalue weighted by molar-refractivity contribution is -0.117. The van der Waals surface area contributed by atoms with Gasteiger partial charge >= 0.3 is 0 Å². The molecule has 0 aromatic heterocycles. The van der Waals surface area contributed by atoms with Crippen LogP contribution in [0, 0.1) is 0 Å². The van der Waals surface area contributed by atoms with Gasteiger partial charge in [-0.2, -0.15) is 4.31 Å². The number of aryl methyl sites for hydroxylation is 1. The van der Waals surface area contributed by atoms with Gasteiger partial charge in [-0.05, 0) is 48.9 Å². The number of hydrogen-bond acceptors (Lipinski definition) is 3. The zero-order valence-electron chi connectivity index (χ0n) is 13.8. The van der Waals surface area contributed by atoms with Gasteiger partial charge in [-0.15, -0.1) is 0 Å². The lowest BCUT2D eigenvalue weighted by Gasteiger charge is -2.27. The summed E-state index contributed by atoms with van der Waals surface area (Å²) in [6, 6.07) is 3.51. The SMILES string of the molecule is CCCN(CCC)S(=O)(=O)c1cc2c3c(c1)CC(=O)N3CCC2. The summed E-state index contributed by atoms with van der Waals surface area (Å²) < 4.78 is 27.5. The Bertz CT molecular complexity index is 722. The van der Waals surface area contributed by atoms with Gasteiger partial charge in [0.05, 0.1) is 17.0 Å². The van der Waals surface area contributed by atoms with E-state index in [2.05, 4.69) is 0 Å². The fourth-order valence-electron chi connectivity index (χ4n) is 3.60. The number of carbonyl (C=O) groups is 1. The van der Waals surface area contributed by atoms with Gasteiger partial charge in [-0.25, -0.2) is 8.42 Å². The summed E-state index contributed by atoms with van der Waals surface area (Å²) in [5.74, 6) is 0.0921. The van der Waals surface area contributed by atoms with Crippen molar-refractivity contribution < 1.29 is 13.2 Å². The first-order valence-electron chi connectivity index (χ1n) is 8.45. The molecule has 2 aliphatic rings. The molecule has 0 bridgehead atoms. The van der Waals surface area contributed by atoms with Crippen LogP contribution in [0.3, 0.4) is 0 Å². The van der Waals surface area contributed by atoms with Crippen LogP contribution in [0.2, 0.25) is 0 Å². The highest BCUT2D eigenvalue weighted by Gasteiger charge is 2.34. The van der Waals surface area contributed by atoms with E-state index in [-0.39, 0.29) is 5.91 Å². The second kappa shape index (κ2) is 6.24. The monoisotopic (exact) mass is 336 g/mol. The normalized spacial score (nSPS) is 17.0. The van der Waals surface area contributed by atoms with Crippen LogP contribution in [0.5, 0.6) is 0 Å². The van der Waals surface area contributed by atoms with E-state index < -0.39 is 10.0 Å². The van der Waals surface area contributed by atoms with Crippen molar-refractivity contribution in [2.24, 2.45) is 0 Å². The minimum Gasteiger partial charge on any atom is -0.312 e. The summed E-state index contributed by atoms with van der Waals surface area (Å²) >= 11 is 0. The minimum absolute atomic E-state index is 0.0921. The van der Waals surface area contributed by atoms with Crippen LogP contribution in [0.25, 0.3) is 0 Å². The molecule has 1 aromatic rings. The molecule has 0 atom stereocenters. The molecule has 2 aliphatic heterocycles. The number of carbonyl (C=O) groups excluding carboxylic acids is 1. The van der Waals surface area contributed by atoms with Crippen molar-refractivity contribution in [1.29, 1.82) is 0 Å². The number of sulfonamides is 1. The molecule has 6 heteroatoms. The largest absolute Gasteiger partial charge is 0.312 e.